The van der Waals surface area contributed by atoms with Gasteiger partial charge in [-0.2, -0.15) is 0 Å². The van der Waals surface area contributed by atoms with Crippen molar-refractivity contribution in [3.63, 3.8) is 0 Å². The fourth-order valence-corrected chi connectivity index (χ4v) is 5.49. The molecule has 0 saturated carbocycles. The Morgan fingerprint density at radius 2 is 1.80 bits per heavy atom. The third-order valence-electron chi connectivity index (χ3n) is 6.89. The molecular formula is C31H34ClN5O2Si. The number of aromatic nitrogens is 4. The molecule has 9 heteroatoms. The van der Waals surface area contributed by atoms with Crippen molar-refractivity contribution in [3.8, 4) is 0 Å². The monoisotopic (exact) mass is 571 g/mol. The van der Waals surface area contributed by atoms with Gasteiger partial charge in [0, 0.05) is 61.9 Å². The van der Waals surface area contributed by atoms with Crippen LogP contribution < -0.4 is 5.73 Å². The second kappa shape index (κ2) is 11.9. The number of halogens is 1. The van der Waals surface area contributed by atoms with E-state index in [1.54, 1.807) is 17.0 Å². The Morgan fingerprint density at radius 3 is 2.52 bits per heavy atom. The van der Waals surface area contributed by atoms with E-state index in [0.717, 1.165) is 28.1 Å². The topological polar surface area (TPSA) is 88.0 Å². The summed E-state index contributed by atoms with van der Waals surface area (Å²) in [6.07, 6.45) is 7.16. The van der Waals surface area contributed by atoms with Crippen LogP contribution in [0.15, 0.2) is 85.5 Å². The number of carbonyl (C=O) groups excluding carboxylic acids is 1. The molecule has 2 aromatic carbocycles. The lowest BCUT2D eigenvalue weighted by atomic mass is 10.1. The summed E-state index contributed by atoms with van der Waals surface area (Å²) in [5, 5.41) is 1.56. The van der Waals surface area contributed by atoms with Gasteiger partial charge in [0.05, 0.1) is 17.3 Å². The normalized spacial score (nSPS) is 12.6. The maximum Gasteiger partial charge on any atom is 0.230 e. The van der Waals surface area contributed by atoms with Crippen LogP contribution in [-0.4, -0.2) is 39.6 Å². The molecule has 3 heterocycles. The zero-order valence-electron chi connectivity index (χ0n) is 23.0. The van der Waals surface area contributed by atoms with Gasteiger partial charge in [-0.05, 0) is 41.4 Å². The summed E-state index contributed by atoms with van der Waals surface area (Å²) < 4.78 is 9.91. The Morgan fingerprint density at radius 1 is 1.02 bits per heavy atom. The van der Waals surface area contributed by atoms with Crippen LogP contribution in [0.2, 0.25) is 30.7 Å². The van der Waals surface area contributed by atoms with Crippen molar-refractivity contribution < 1.29 is 9.53 Å². The number of fused-ring (bicyclic) bond motifs is 1. The molecule has 5 aromatic rings. The molecule has 2 N–H and O–H groups in total. The fraction of sp³-hybridized carbons (Fsp3) is 0.258. The summed E-state index contributed by atoms with van der Waals surface area (Å²) >= 11 is 6.09. The highest BCUT2D eigenvalue weighted by Crippen LogP contribution is 2.27. The van der Waals surface area contributed by atoms with Crippen LogP contribution >= 0.6 is 11.6 Å². The van der Waals surface area contributed by atoms with Crippen molar-refractivity contribution in [2.75, 3.05) is 6.61 Å². The third kappa shape index (κ3) is 6.42. The first-order valence-electron chi connectivity index (χ1n) is 13.4. The average Bonchev–Trinajstić information content (AvgIpc) is 3.54. The average molecular weight is 572 g/mol. The summed E-state index contributed by atoms with van der Waals surface area (Å²) in [4.78, 5) is 23.1. The number of ether oxygens (including phenoxy) is 1. The molecule has 0 radical (unpaired) electrons. The predicted molar refractivity (Wildman–Crippen MR) is 163 cm³/mol. The molecule has 0 spiro atoms. The lowest BCUT2D eigenvalue weighted by molar-refractivity contribution is 0.0812. The number of hydrogen-bond acceptors (Lipinski definition) is 5. The van der Waals surface area contributed by atoms with Gasteiger partial charge in [-0.3, -0.25) is 9.78 Å². The number of pyridine rings is 1. The molecule has 0 aliphatic rings. The first-order chi connectivity index (χ1) is 19.2. The number of ketones is 1. The van der Waals surface area contributed by atoms with E-state index in [-0.39, 0.29) is 12.5 Å². The number of nitrogens with zero attached hydrogens (tertiary/aromatic N) is 4. The molecule has 1 unspecified atom stereocenters. The number of benzene rings is 2. The van der Waals surface area contributed by atoms with Gasteiger partial charge in [-0.1, -0.05) is 67.6 Å². The fourth-order valence-electron chi connectivity index (χ4n) is 4.60. The summed E-state index contributed by atoms with van der Waals surface area (Å²) in [6, 6.07) is 19.9. The van der Waals surface area contributed by atoms with Crippen LogP contribution in [0.1, 0.15) is 39.0 Å². The number of para-hydroxylation sites is 1. The third-order valence-corrected chi connectivity index (χ3v) is 8.84. The van der Waals surface area contributed by atoms with E-state index in [4.69, 9.17) is 27.1 Å². The van der Waals surface area contributed by atoms with Crippen LogP contribution in [-0.2, 0) is 18.0 Å². The van der Waals surface area contributed by atoms with Crippen LogP contribution in [0.4, 0.5) is 0 Å². The number of nitrogens with two attached hydrogens (primary N) is 1. The van der Waals surface area contributed by atoms with E-state index in [1.807, 2.05) is 73.1 Å². The number of imidazole rings is 1. The molecule has 5 rings (SSSR count). The SMILES string of the molecule is C[Si](C)(C)CCOCn1cc(C(N)c2cccnc2)nc1C(=O)c1cn(Cc2ccc(Cl)cc2)c2ccccc12. The summed E-state index contributed by atoms with van der Waals surface area (Å²) in [6.45, 7) is 8.40. The highest BCUT2D eigenvalue weighted by atomic mass is 35.5. The van der Waals surface area contributed by atoms with Crippen molar-refractivity contribution in [2.45, 2.75) is 45.0 Å². The van der Waals surface area contributed by atoms with Crippen molar-refractivity contribution in [1.82, 2.24) is 19.1 Å². The standard InChI is InChI=1S/C31H34ClN5O2Si/c1-40(2,3)16-15-39-21-37-20-27(29(33)23-7-6-14-34-17-23)35-31(37)30(38)26-19-36(28-9-5-4-8-25(26)28)18-22-10-12-24(32)13-11-22/h4-14,17,19-20,29H,15-16,18,21,33H2,1-3H3. The Bertz CT molecular complexity index is 1610. The molecule has 0 fully saturated rings. The molecule has 206 valence electrons. The Hall–Kier alpha value is -3.56. The molecule has 0 amide bonds. The van der Waals surface area contributed by atoms with Crippen molar-refractivity contribution >= 4 is 36.4 Å². The van der Waals surface area contributed by atoms with Gasteiger partial charge in [-0.25, -0.2) is 4.98 Å². The van der Waals surface area contributed by atoms with E-state index in [1.165, 1.54) is 0 Å². The molecule has 0 aliphatic heterocycles. The minimum Gasteiger partial charge on any atom is -0.361 e. The summed E-state index contributed by atoms with van der Waals surface area (Å²) in [5.74, 6) is 0.126. The number of rotatable bonds is 11. The van der Waals surface area contributed by atoms with Crippen LogP contribution in [0, 0.1) is 0 Å². The van der Waals surface area contributed by atoms with Gasteiger partial charge in [0.2, 0.25) is 5.78 Å². The molecule has 0 saturated heterocycles. The van der Waals surface area contributed by atoms with Crippen molar-refractivity contribution in [3.05, 3.63) is 119 Å². The molecule has 0 aliphatic carbocycles. The molecular weight excluding hydrogens is 538 g/mol. The molecule has 7 nitrogen and oxygen atoms in total. The zero-order valence-corrected chi connectivity index (χ0v) is 24.8. The van der Waals surface area contributed by atoms with Gasteiger partial charge >= 0.3 is 0 Å². The second-order valence-corrected chi connectivity index (χ2v) is 17.3. The van der Waals surface area contributed by atoms with Crippen LogP contribution in [0.25, 0.3) is 10.9 Å². The summed E-state index contributed by atoms with van der Waals surface area (Å²) in [5.41, 5.74) is 10.6. The molecule has 1 atom stereocenters. The molecule has 40 heavy (non-hydrogen) atoms. The highest BCUT2D eigenvalue weighted by molar-refractivity contribution is 6.76. The number of carbonyl (C=O) groups is 1. The lowest BCUT2D eigenvalue weighted by Gasteiger charge is -2.16. The van der Waals surface area contributed by atoms with Crippen LogP contribution in [0.5, 0.6) is 0 Å². The number of hydrogen-bond donors (Lipinski definition) is 1. The van der Waals surface area contributed by atoms with Gasteiger partial charge in [-0.15, -0.1) is 0 Å². The van der Waals surface area contributed by atoms with Crippen LogP contribution in [0.3, 0.4) is 0 Å². The summed E-state index contributed by atoms with van der Waals surface area (Å²) in [7, 11) is -1.26. The minimum absolute atomic E-state index is 0.176. The Kier molecular flexibility index (Phi) is 8.32. The quantitative estimate of drug-likeness (QED) is 0.111. The Balaban J connectivity index is 1.50. The minimum atomic E-state index is -1.26. The molecule has 3 aromatic heterocycles. The van der Waals surface area contributed by atoms with Gasteiger partial charge in [0.1, 0.15) is 6.73 Å². The first-order valence-corrected chi connectivity index (χ1v) is 17.5. The van der Waals surface area contributed by atoms with E-state index in [2.05, 4.69) is 29.2 Å². The predicted octanol–water partition coefficient (Wildman–Crippen LogP) is 6.53. The smallest absolute Gasteiger partial charge is 0.230 e. The Labute approximate surface area is 240 Å². The van der Waals surface area contributed by atoms with Gasteiger partial charge < -0.3 is 19.6 Å². The first kappa shape index (κ1) is 28.0. The highest BCUT2D eigenvalue weighted by Gasteiger charge is 2.25. The second-order valence-electron chi connectivity index (χ2n) is 11.2. The van der Waals surface area contributed by atoms with E-state index < -0.39 is 14.1 Å². The lowest BCUT2D eigenvalue weighted by Crippen LogP contribution is -2.22. The van der Waals surface area contributed by atoms with E-state index in [9.17, 15) is 4.79 Å². The zero-order chi connectivity index (χ0) is 28.3. The maximum absolute atomic E-state index is 14.1. The van der Waals surface area contributed by atoms with Crippen molar-refractivity contribution in [1.29, 1.82) is 0 Å². The van der Waals surface area contributed by atoms with Gasteiger partial charge in [0.15, 0.2) is 5.82 Å². The maximum atomic E-state index is 14.1. The largest absolute Gasteiger partial charge is 0.361 e. The van der Waals surface area contributed by atoms with Crippen molar-refractivity contribution in [2.24, 2.45) is 5.73 Å². The van der Waals surface area contributed by atoms with E-state index in [0.29, 0.717) is 35.3 Å². The molecule has 0 bridgehead atoms. The van der Waals surface area contributed by atoms with Gasteiger partial charge in [0.25, 0.3) is 0 Å². The van der Waals surface area contributed by atoms with E-state index >= 15 is 0 Å².